The van der Waals surface area contributed by atoms with E-state index in [0.29, 0.717) is 18.0 Å². The maximum absolute atomic E-state index is 12.5. The van der Waals surface area contributed by atoms with Crippen molar-refractivity contribution in [1.82, 2.24) is 16.0 Å². The third-order valence-corrected chi connectivity index (χ3v) is 3.47. The average molecular weight is 335 g/mol. The lowest BCUT2D eigenvalue weighted by Crippen LogP contribution is -3.11. The minimum atomic E-state index is -0.652. The molecule has 4 amide bonds. The second-order valence-electron chi connectivity index (χ2n) is 5.57. The van der Waals surface area contributed by atoms with Crippen LogP contribution in [0.4, 0.5) is 4.79 Å². The lowest BCUT2D eigenvalue weighted by molar-refractivity contribution is -0.894. The van der Waals surface area contributed by atoms with Crippen LogP contribution >= 0.6 is 0 Å². The van der Waals surface area contributed by atoms with Gasteiger partial charge in [-0.15, -0.1) is 0 Å². The van der Waals surface area contributed by atoms with Crippen LogP contribution < -0.4 is 20.9 Å². The number of hydrogen-bond donors (Lipinski definition) is 4. The fourth-order valence-electron chi connectivity index (χ4n) is 2.38. The van der Waals surface area contributed by atoms with Crippen LogP contribution in [0.5, 0.6) is 0 Å². The molecule has 0 aliphatic rings. The van der Waals surface area contributed by atoms with E-state index < -0.39 is 18.0 Å². The van der Waals surface area contributed by atoms with Crippen molar-refractivity contribution in [2.24, 2.45) is 0 Å². The smallest absolute Gasteiger partial charge is 0.321 e. The number of carbonyl (C=O) groups is 3. The number of amides is 4. The standard InChI is InChI=1S/C17H26N4O3/c1-4-11-19-14(22)12-21(3)15(13-9-7-6-8-10-13)16(23)20-17(24)18-5-2/h6-10,15H,4-5,11-12H2,1-3H3,(H,19,22)(H2,18,20,23,24)/p+1/t15-/m1/s1. The molecule has 0 aromatic heterocycles. The highest BCUT2D eigenvalue weighted by atomic mass is 16.2. The van der Waals surface area contributed by atoms with Crippen molar-refractivity contribution in [2.75, 3.05) is 26.7 Å². The zero-order chi connectivity index (χ0) is 17.9. The van der Waals surface area contributed by atoms with Crippen LogP contribution in [0.3, 0.4) is 0 Å². The number of hydrogen-bond acceptors (Lipinski definition) is 3. The van der Waals surface area contributed by atoms with Crippen LogP contribution in [0.2, 0.25) is 0 Å². The number of quaternary nitrogens is 1. The van der Waals surface area contributed by atoms with Gasteiger partial charge >= 0.3 is 6.03 Å². The van der Waals surface area contributed by atoms with Crippen molar-refractivity contribution in [3.63, 3.8) is 0 Å². The van der Waals surface area contributed by atoms with Gasteiger partial charge in [-0.25, -0.2) is 4.79 Å². The summed E-state index contributed by atoms with van der Waals surface area (Å²) in [6.07, 6.45) is 0.852. The van der Waals surface area contributed by atoms with Crippen molar-refractivity contribution in [2.45, 2.75) is 26.3 Å². The molecule has 2 atom stereocenters. The lowest BCUT2D eigenvalue weighted by Gasteiger charge is -2.24. The summed E-state index contributed by atoms with van der Waals surface area (Å²) >= 11 is 0. The first-order valence-corrected chi connectivity index (χ1v) is 8.22. The Bertz CT molecular complexity index is 548. The molecule has 0 heterocycles. The Labute approximate surface area is 142 Å². The number of imide groups is 1. The van der Waals surface area contributed by atoms with Crippen molar-refractivity contribution < 1.29 is 19.3 Å². The van der Waals surface area contributed by atoms with Crippen molar-refractivity contribution in [1.29, 1.82) is 0 Å². The van der Waals surface area contributed by atoms with Crippen molar-refractivity contribution in [3.8, 4) is 0 Å². The number of nitrogens with one attached hydrogen (secondary N) is 4. The topological polar surface area (TPSA) is 91.7 Å². The van der Waals surface area contributed by atoms with E-state index in [9.17, 15) is 14.4 Å². The molecular weight excluding hydrogens is 308 g/mol. The predicted molar refractivity (Wildman–Crippen MR) is 91.5 cm³/mol. The molecule has 132 valence electrons. The molecule has 0 bridgehead atoms. The summed E-state index contributed by atoms with van der Waals surface area (Å²) in [5, 5.41) is 7.67. The molecular formula is C17H27N4O3+. The molecule has 1 aromatic rings. The first-order valence-electron chi connectivity index (χ1n) is 8.22. The van der Waals surface area contributed by atoms with Crippen LogP contribution in [0.15, 0.2) is 30.3 Å². The largest absolute Gasteiger partial charge is 0.351 e. The normalized spacial score (nSPS) is 12.8. The van der Waals surface area contributed by atoms with Crippen LogP contribution in [0, 0.1) is 0 Å². The molecule has 4 N–H and O–H groups in total. The van der Waals surface area contributed by atoms with Gasteiger partial charge in [0.25, 0.3) is 11.8 Å². The van der Waals surface area contributed by atoms with Gasteiger partial charge in [-0.05, 0) is 13.3 Å². The van der Waals surface area contributed by atoms with Gasteiger partial charge in [0.05, 0.1) is 7.05 Å². The summed E-state index contributed by atoms with van der Waals surface area (Å²) in [6.45, 7) is 4.92. The molecule has 1 aromatic carbocycles. The van der Waals surface area contributed by atoms with Crippen LogP contribution in [-0.2, 0) is 9.59 Å². The summed E-state index contributed by atoms with van der Waals surface area (Å²) in [5.41, 5.74) is 0.750. The maximum atomic E-state index is 12.5. The van der Waals surface area contributed by atoms with Gasteiger partial charge in [0, 0.05) is 18.7 Å². The van der Waals surface area contributed by atoms with Gasteiger partial charge in [-0.2, -0.15) is 0 Å². The Morgan fingerprint density at radius 1 is 1.08 bits per heavy atom. The van der Waals surface area contributed by atoms with E-state index in [1.807, 2.05) is 37.3 Å². The Hall–Kier alpha value is -2.41. The number of rotatable bonds is 8. The molecule has 0 fully saturated rings. The second kappa shape index (κ2) is 10.4. The molecule has 0 aliphatic heterocycles. The molecule has 7 nitrogen and oxygen atoms in total. The summed E-state index contributed by atoms with van der Waals surface area (Å²) in [7, 11) is 1.76. The zero-order valence-corrected chi connectivity index (χ0v) is 14.5. The molecule has 0 aliphatic carbocycles. The minimum Gasteiger partial charge on any atom is -0.351 e. The highest BCUT2D eigenvalue weighted by Gasteiger charge is 2.31. The van der Waals surface area contributed by atoms with E-state index in [1.54, 1.807) is 14.0 Å². The molecule has 0 spiro atoms. The fraction of sp³-hybridized carbons (Fsp3) is 0.471. The first-order chi connectivity index (χ1) is 11.5. The highest BCUT2D eigenvalue weighted by molar-refractivity contribution is 5.96. The third-order valence-electron chi connectivity index (χ3n) is 3.47. The predicted octanol–water partition coefficient (Wildman–Crippen LogP) is -0.386. The molecule has 24 heavy (non-hydrogen) atoms. The quantitative estimate of drug-likeness (QED) is 0.522. The van der Waals surface area contributed by atoms with Gasteiger partial charge in [0.15, 0.2) is 12.6 Å². The van der Waals surface area contributed by atoms with E-state index in [-0.39, 0.29) is 12.5 Å². The van der Waals surface area contributed by atoms with E-state index in [4.69, 9.17) is 0 Å². The molecule has 7 heteroatoms. The first kappa shape index (κ1) is 19.6. The number of benzene rings is 1. The molecule has 1 rings (SSSR count). The van der Waals surface area contributed by atoms with Crippen LogP contribution in [-0.4, -0.2) is 44.5 Å². The molecule has 0 radical (unpaired) electrons. The van der Waals surface area contributed by atoms with Gasteiger partial charge in [0.1, 0.15) is 0 Å². The second-order valence-corrected chi connectivity index (χ2v) is 5.57. The summed E-state index contributed by atoms with van der Waals surface area (Å²) in [5.74, 6) is -0.561. The van der Waals surface area contributed by atoms with Crippen molar-refractivity contribution in [3.05, 3.63) is 35.9 Å². The SMILES string of the molecule is CCCNC(=O)C[NH+](C)[C@@H](C(=O)NC(=O)NCC)c1ccccc1. The Morgan fingerprint density at radius 3 is 2.33 bits per heavy atom. The lowest BCUT2D eigenvalue weighted by atomic mass is 10.0. The van der Waals surface area contributed by atoms with Crippen molar-refractivity contribution >= 4 is 17.8 Å². The fourth-order valence-corrected chi connectivity index (χ4v) is 2.38. The summed E-state index contributed by atoms with van der Waals surface area (Å²) in [4.78, 5) is 36.8. The van der Waals surface area contributed by atoms with E-state index >= 15 is 0 Å². The zero-order valence-electron chi connectivity index (χ0n) is 14.5. The van der Waals surface area contributed by atoms with Gasteiger partial charge in [0.2, 0.25) is 0 Å². The van der Waals surface area contributed by atoms with Gasteiger partial charge < -0.3 is 15.5 Å². The van der Waals surface area contributed by atoms with E-state index in [0.717, 1.165) is 12.0 Å². The summed E-state index contributed by atoms with van der Waals surface area (Å²) in [6, 6.07) is 7.95. The molecule has 1 unspecified atom stereocenters. The Morgan fingerprint density at radius 2 is 1.75 bits per heavy atom. The Kier molecular flexibility index (Phi) is 8.49. The average Bonchev–Trinajstić information content (AvgIpc) is 2.54. The number of urea groups is 1. The van der Waals surface area contributed by atoms with E-state index in [2.05, 4.69) is 16.0 Å². The molecule has 0 saturated heterocycles. The monoisotopic (exact) mass is 335 g/mol. The minimum absolute atomic E-state index is 0.124. The number of likely N-dealkylation sites (N-methyl/N-ethyl adjacent to an activating group) is 1. The molecule has 0 saturated carbocycles. The van der Waals surface area contributed by atoms with Crippen LogP contribution in [0.25, 0.3) is 0 Å². The number of carbonyl (C=O) groups excluding carboxylic acids is 3. The Balaban J connectivity index is 2.87. The summed E-state index contributed by atoms with van der Waals surface area (Å²) < 4.78 is 0. The highest BCUT2D eigenvalue weighted by Crippen LogP contribution is 2.09. The van der Waals surface area contributed by atoms with E-state index in [1.165, 1.54) is 0 Å². The third kappa shape index (κ3) is 6.37. The van der Waals surface area contributed by atoms with Gasteiger partial charge in [-0.1, -0.05) is 37.3 Å². The van der Waals surface area contributed by atoms with Gasteiger partial charge in [-0.3, -0.25) is 14.9 Å². The maximum Gasteiger partial charge on any atom is 0.321 e. The van der Waals surface area contributed by atoms with Crippen LogP contribution in [0.1, 0.15) is 31.9 Å².